The van der Waals surface area contributed by atoms with Crippen molar-refractivity contribution in [2.24, 2.45) is 5.73 Å². The number of amides is 1. The molecule has 2 heterocycles. The van der Waals surface area contributed by atoms with E-state index in [1.54, 1.807) is 30.3 Å². The van der Waals surface area contributed by atoms with Crippen LogP contribution >= 0.6 is 11.3 Å². The summed E-state index contributed by atoms with van der Waals surface area (Å²) in [5.41, 5.74) is 5.97. The van der Waals surface area contributed by atoms with Gasteiger partial charge in [0, 0.05) is 17.0 Å². The molecule has 3 rings (SSSR count). The molecule has 1 fully saturated rings. The Morgan fingerprint density at radius 2 is 1.84 bits per heavy atom. The van der Waals surface area contributed by atoms with E-state index in [9.17, 15) is 19.2 Å². The van der Waals surface area contributed by atoms with Crippen LogP contribution in [0.2, 0.25) is 0 Å². The minimum Gasteiger partial charge on any atom is -0.469 e. The minimum absolute atomic E-state index is 0.0743. The Morgan fingerprint density at radius 1 is 1.11 bits per heavy atom. The van der Waals surface area contributed by atoms with Crippen molar-refractivity contribution in [2.75, 3.05) is 20.8 Å². The molecule has 2 atom stereocenters. The second-order valence-corrected chi connectivity index (χ2v) is 9.61. The zero-order valence-electron chi connectivity index (χ0n) is 20.7. The molecular weight excluding hydrogens is 500 g/mol. The van der Waals surface area contributed by atoms with Crippen molar-refractivity contribution < 1.29 is 33.4 Å². The number of carbonyl (C=O) groups is 4. The number of nitrogens with two attached hydrogens (primary N) is 1. The number of methoxy groups -OCH3 is 2. The van der Waals surface area contributed by atoms with Gasteiger partial charge in [-0.15, -0.1) is 11.3 Å². The summed E-state index contributed by atoms with van der Waals surface area (Å²) in [5, 5.41) is 10.1. The number of hydrogen-bond acceptors (Lipinski definition) is 10. The molecule has 2 aromatic rings. The van der Waals surface area contributed by atoms with Crippen LogP contribution in [0, 0.1) is 5.41 Å². The molecule has 0 radical (unpaired) electrons. The second kappa shape index (κ2) is 13.0. The lowest BCUT2D eigenvalue weighted by Gasteiger charge is -2.35. The predicted molar refractivity (Wildman–Crippen MR) is 135 cm³/mol. The molecule has 0 bridgehead atoms. The zero-order chi connectivity index (χ0) is 26.9. The highest BCUT2D eigenvalue weighted by molar-refractivity contribution is 7.13. The average Bonchev–Trinajstić information content (AvgIpc) is 3.37. The number of esters is 3. The lowest BCUT2D eigenvalue weighted by atomic mass is 10.0. The van der Waals surface area contributed by atoms with Crippen molar-refractivity contribution in [2.45, 2.75) is 44.3 Å². The fourth-order valence-electron chi connectivity index (χ4n) is 3.96. The van der Waals surface area contributed by atoms with E-state index >= 15 is 0 Å². The molecule has 1 amide bonds. The van der Waals surface area contributed by atoms with E-state index in [-0.39, 0.29) is 18.2 Å². The number of benzene rings is 1. The van der Waals surface area contributed by atoms with Crippen molar-refractivity contribution in [1.29, 1.82) is 5.41 Å². The molecule has 1 aliphatic heterocycles. The van der Waals surface area contributed by atoms with Crippen LogP contribution in [0.1, 0.15) is 45.8 Å². The molecule has 0 spiro atoms. The third-order valence-corrected chi connectivity index (χ3v) is 6.96. The van der Waals surface area contributed by atoms with Crippen molar-refractivity contribution in [3.8, 4) is 5.75 Å². The molecule has 1 aliphatic rings. The normalized spacial score (nSPS) is 16.3. The summed E-state index contributed by atoms with van der Waals surface area (Å²) in [6.45, 7) is 1.10. The molecule has 1 aromatic heterocycles. The van der Waals surface area contributed by atoms with Crippen LogP contribution in [-0.2, 0) is 30.4 Å². The Balaban J connectivity index is 1.64. The Bertz CT molecular complexity index is 1150. The van der Waals surface area contributed by atoms with Crippen LogP contribution in [0.15, 0.2) is 36.4 Å². The second-order valence-electron chi connectivity index (χ2n) is 8.44. The maximum atomic E-state index is 13.1. The molecule has 1 saturated heterocycles. The van der Waals surface area contributed by atoms with Gasteiger partial charge in [-0.05, 0) is 55.8 Å². The van der Waals surface area contributed by atoms with Crippen molar-refractivity contribution in [3.63, 3.8) is 0 Å². The third-order valence-electron chi connectivity index (χ3n) is 5.91. The van der Waals surface area contributed by atoms with E-state index in [1.807, 2.05) is 11.0 Å². The lowest BCUT2D eigenvalue weighted by Crippen LogP contribution is -2.53. The van der Waals surface area contributed by atoms with Crippen molar-refractivity contribution in [1.82, 2.24) is 10.2 Å². The summed E-state index contributed by atoms with van der Waals surface area (Å²) in [6.07, 6.45) is 2.02. The average molecular weight is 531 g/mol. The number of thiophene rings is 1. The van der Waals surface area contributed by atoms with Gasteiger partial charge in [-0.2, -0.15) is 0 Å². The minimum atomic E-state index is -1.14. The van der Waals surface area contributed by atoms with Gasteiger partial charge in [0.25, 0.3) is 0 Å². The number of nitrogens with one attached hydrogen (secondary N) is 2. The lowest BCUT2D eigenvalue weighted by molar-refractivity contribution is -0.151. The highest BCUT2D eigenvalue weighted by atomic mass is 32.1. The molecule has 11 nitrogen and oxygen atoms in total. The summed E-state index contributed by atoms with van der Waals surface area (Å²) in [4.78, 5) is 52.7. The van der Waals surface area contributed by atoms with Crippen molar-refractivity contribution >= 4 is 41.0 Å². The molecule has 1 aromatic carbocycles. The number of nitrogens with zero attached hydrogens (tertiary/aromatic N) is 1. The maximum absolute atomic E-state index is 13.1. The summed E-state index contributed by atoms with van der Waals surface area (Å²) in [7, 11) is 2.39. The molecule has 0 saturated carbocycles. The Morgan fingerprint density at radius 3 is 2.49 bits per heavy atom. The Hall–Kier alpha value is -3.77. The fraction of sp³-hybridized carbons (Fsp3) is 0.400. The topological polar surface area (TPSA) is 161 Å². The number of hydrogen-bond donors (Lipinski definition) is 3. The van der Waals surface area contributed by atoms with Crippen LogP contribution in [0.5, 0.6) is 5.75 Å². The maximum Gasteiger partial charge on any atom is 0.353 e. The molecule has 1 unspecified atom stereocenters. The first-order valence-corrected chi connectivity index (χ1v) is 12.5. The smallest absolute Gasteiger partial charge is 0.353 e. The molecular formula is C25H30N4O7S. The Kier molecular flexibility index (Phi) is 9.75. The number of nitrogen functional groups attached to an aromatic ring is 1. The van der Waals surface area contributed by atoms with Crippen LogP contribution in [0.25, 0.3) is 0 Å². The first-order chi connectivity index (χ1) is 17.7. The zero-order valence-corrected chi connectivity index (χ0v) is 21.5. The highest BCUT2D eigenvalue weighted by Crippen LogP contribution is 2.25. The van der Waals surface area contributed by atoms with E-state index in [0.29, 0.717) is 35.7 Å². The van der Waals surface area contributed by atoms with Gasteiger partial charge < -0.3 is 25.3 Å². The highest BCUT2D eigenvalue weighted by Gasteiger charge is 2.33. The molecule has 12 heteroatoms. The number of piperidine rings is 1. The van der Waals surface area contributed by atoms with Gasteiger partial charge in [0.15, 0.2) is 0 Å². The van der Waals surface area contributed by atoms with Crippen LogP contribution < -0.4 is 15.8 Å². The Labute approximate surface area is 218 Å². The van der Waals surface area contributed by atoms with Gasteiger partial charge in [-0.1, -0.05) is 6.42 Å². The van der Waals surface area contributed by atoms with Crippen molar-refractivity contribution in [3.05, 3.63) is 51.7 Å². The van der Waals surface area contributed by atoms with E-state index < -0.39 is 30.0 Å². The van der Waals surface area contributed by atoms with Gasteiger partial charge in [-0.25, -0.2) is 9.59 Å². The van der Waals surface area contributed by atoms with Gasteiger partial charge in [-0.3, -0.25) is 19.9 Å². The molecule has 198 valence electrons. The van der Waals surface area contributed by atoms with Gasteiger partial charge in [0.1, 0.15) is 22.5 Å². The third kappa shape index (κ3) is 7.61. The summed E-state index contributed by atoms with van der Waals surface area (Å²) in [5.74, 6) is -1.98. The van der Waals surface area contributed by atoms with Crippen LogP contribution in [-0.4, -0.2) is 67.4 Å². The monoisotopic (exact) mass is 530 g/mol. The quantitative estimate of drug-likeness (QED) is 0.180. The largest absolute Gasteiger partial charge is 0.469 e. The van der Waals surface area contributed by atoms with E-state index in [2.05, 4.69) is 10.1 Å². The molecule has 37 heavy (non-hydrogen) atoms. The van der Waals surface area contributed by atoms with Gasteiger partial charge in [0.05, 0.1) is 26.7 Å². The summed E-state index contributed by atoms with van der Waals surface area (Å²) in [6, 6.07) is 8.19. The first kappa shape index (κ1) is 27.8. The predicted octanol–water partition coefficient (Wildman–Crippen LogP) is 1.83. The standard InChI is InChI=1S/C25H30N4O7S/c1-34-21(30)13-18(24(32)35-2)28-23(31)19-5-3-4-12-29(19)14-17-10-11-20(37-17)25(33)36-16-8-6-15(7-9-16)22(26)27/h6-11,18-19H,3-5,12-14H2,1-2H3,(H3,26,27)(H,28,31)/t18-,19?/m0/s1. The fourth-order valence-corrected chi connectivity index (χ4v) is 4.87. The number of ether oxygens (including phenoxy) is 3. The molecule has 0 aliphatic carbocycles. The molecule has 4 N–H and O–H groups in total. The first-order valence-electron chi connectivity index (χ1n) is 11.7. The number of amidine groups is 1. The number of rotatable bonds is 10. The summed E-state index contributed by atoms with van der Waals surface area (Å²) >= 11 is 1.27. The van der Waals surface area contributed by atoms with Gasteiger partial charge in [0.2, 0.25) is 5.91 Å². The number of likely N-dealkylation sites (tertiary alicyclic amines) is 1. The van der Waals surface area contributed by atoms with E-state index in [0.717, 1.165) is 17.7 Å². The van der Waals surface area contributed by atoms with E-state index in [1.165, 1.54) is 25.6 Å². The van der Waals surface area contributed by atoms with Crippen LogP contribution in [0.3, 0.4) is 0 Å². The SMILES string of the molecule is COC(=O)C[C@H](NC(=O)C1CCCCN1Cc1ccc(C(=O)Oc2ccc(C(=N)N)cc2)s1)C(=O)OC. The summed E-state index contributed by atoms with van der Waals surface area (Å²) < 4.78 is 14.8. The van der Waals surface area contributed by atoms with Crippen LogP contribution in [0.4, 0.5) is 0 Å². The van der Waals surface area contributed by atoms with Gasteiger partial charge >= 0.3 is 17.9 Å². The number of carbonyl (C=O) groups excluding carboxylic acids is 4. The van der Waals surface area contributed by atoms with E-state index in [4.69, 9.17) is 20.6 Å².